The van der Waals surface area contributed by atoms with E-state index in [1.807, 2.05) is 5.43 Å². The van der Waals surface area contributed by atoms with Gasteiger partial charge in [-0.1, -0.05) is 0 Å². The molecule has 0 saturated carbocycles. The summed E-state index contributed by atoms with van der Waals surface area (Å²) < 4.78 is 4.22. The molecule has 0 aliphatic carbocycles. The Bertz CT molecular complexity index is 28.7. The number of hydrazine groups is 1. The molecule has 4 nitrogen and oxygen atoms in total. The van der Waals surface area contributed by atoms with Crippen molar-refractivity contribution in [2.45, 2.75) is 6.41 Å². The molecule has 4 heteroatoms. The second-order valence-corrected chi connectivity index (χ2v) is 0.755. The minimum atomic E-state index is -1.04. The van der Waals surface area contributed by atoms with Gasteiger partial charge >= 0.3 is 0 Å². The summed E-state index contributed by atoms with van der Waals surface area (Å²) in [7, 11) is 1.34. The molecule has 0 aromatic rings. The van der Waals surface area contributed by atoms with Crippen molar-refractivity contribution in [2.24, 2.45) is 5.84 Å². The minimum Gasteiger partial charge on any atom is -0.355 e. The van der Waals surface area contributed by atoms with Gasteiger partial charge in [0.15, 0.2) is 0 Å². The lowest BCUT2D eigenvalue weighted by Crippen LogP contribution is -2.35. The van der Waals surface area contributed by atoms with Crippen LogP contribution >= 0.6 is 0 Å². The Morgan fingerprint density at radius 3 is 2.50 bits per heavy atom. The van der Waals surface area contributed by atoms with Crippen LogP contribution in [-0.2, 0) is 4.74 Å². The first kappa shape index (κ1) is 5.84. The number of aliphatic hydroxyl groups excluding tert-OH is 1. The van der Waals surface area contributed by atoms with Crippen molar-refractivity contribution in [3.8, 4) is 0 Å². The highest BCUT2D eigenvalue weighted by Gasteiger charge is 1.88. The first-order valence-electron chi connectivity index (χ1n) is 1.48. The van der Waals surface area contributed by atoms with Crippen molar-refractivity contribution in [1.29, 1.82) is 0 Å². The van der Waals surface area contributed by atoms with E-state index in [1.54, 1.807) is 0 Å². The molecule has 0 rings (SSSR count). The molecular weight excluding hydrogens is 84.0 g/mol. The second kappa shape index (κ2) is 3.05. The number of hydrogen-bond acceptors (Lipinski definition) is 4. The van der Waals surface area contributed by atoms with E-state index in [4.69, 9.17) is 5.11 Å². The molecule has 0 aliphatic heterocycles. The lowest BCUT2D eigenvalue weighted by molar-refractivity contribution is -0.0967. The fraction of sp³-hybridized carbons (Fsp3) is 1.00. The predicted molar refractivity (Wildman–Crippen MR) is 20.3 cm³/mol. The zero-order chi connectivity index (χ0) is 4.99. The van der Waals surface area contributed by atoms with Gasteiger partial charge in [0.2, 0.25) is 6.41 Å². The third-order valence-corrected chi connectivity index (χ3v) is 0.366. The number of hydrogen-bond donors (Lipinski definition) is 3. The Balaban J connectivity index is 2.75. The Hall–Kier alpha value is -0.160. The molecule has 0 aromatic heterocycles. The number of aliphatic hydroxyl groups is 1. The van der Waals surface area contributed by atoms with Crippen LogP contribution in [-0.4, -0.2) is 18.6 Å². The molecule has 0 fully saturated rings. The van der Waals surface area contributed by atoms with Crippen LogP contribution in [0.4, 0.5) is 0 Å². The van der Waals surface area contributed by atoms with Crippen molar-refractivity contribution in [2.75, 3.05) is 7.11 Å². The SMILES string of the molecule is COC(O)NN. The smallest absolute Gasteiger partial charge is 0.225 e. The molecule has 38 valence electrons. The number of ether oxygens (including phenoxy) is 1. The minimum absolute atomic E-state index is 1.04. The van der Waals surface area contributed by atoms with Crippen LogP contribution < -0.4 is 11.3 Å². The van der Waals surface area contributed by atoms with Gasteiger partial charge in [0, 0.05) is 7.11 Å². The van der Waals surface area contributed by atoms with E-state index in [2.05, 4.69) is 10.6 Å². The van der Waals surface area contributed by atoms with Crippen LogP contribution in [0, 0.1) is 0 Å². The third-order valence-electron chi connectivity index (χ3n) is 0.366. The number of nitrogens with one attached hydrogen (secondary N) is 1. The largest absolute Gasteiger partial charge is 0.355 e. The Labute approximate surface area is 35.9 Å². The highest BCUT2D eigenvalue weighted by Crippen LogP contribution is 1.66. The van der Waals surface area contributed by atoms with Crippen LogP contribution in [0.15, 0.2) is 0 Å². The van der Waals surface area contributed by atoms with Gasteiger partial charge in [-0.15, -0.1) is 0 Å². The van der Waals surface area contributed by atoms with Gasteiger partial charge in [-0.05, 0) is 0 Å². The normalized spacial score (nSPS) is 14.5. The molecular formula is C2H8N2O2. The van der Waals surface area contributed by atoms with Crippen LogP contribution in [0.25, 0.3) is 0 Å². The van der Waals surface area contributed by atoms with Crippen LogP contribution in [0.3, 0.4) is 0 Å². The molecule has 0 bridgehead atoms. The predicted octanol–water partition coefficient (Wildman–Crippen LogP) is -1.63. The number of nitrogens with two attached hydrogens (primary N) is 1. The highest BCUT2D eigenvalue weighted by molar-refractivity contribution is 4.15. The van der Waals surface area contributed by atoms with Gasteiger partial charge in [-0.3, -0.25) is 5.84 Å². The summed E-state index contributed by atoms with van der Waals surface area (Å²) >= 11 is 0. The maximum Gasteiger partial charge on any atom is 0.225 e. The molecule has 0 aliphatic rings. The summed E-state index contributed by atoms with van der Waals surface area (Å²) in [6.07, 6.45) is -1.04. The average Bonchev–Trinajstić information content (AvgIpc) is 1.65. The zero-order valence-electron chi connectivity index (χ0n) is 3.51. The lowest BCUT2D eigenvalue weighted by Gasteiger charge is -2.02. The van der Waals surface area contributed by atoms with E-state index in [0.29, 0.717) is 0 Å². The molecule has 1 atom stereocenters. The van der Waals surface area contributed by atoms with Gasteiger partial charge in [-0.2, -0.15) is 0 Å². The molecule has 0 radical (unpaired) electrons. The molecule has 0 amide bonds. The van der Waals surface area contributed by atoms with Gasteiger partial charge in [0.25, 0.3) is 0 Å². The summed E-state index contributed by atoms with van der Waals surface area (Å²) in [5.74, 6) is 4.66. The van der Waals surface area contributed by atoms with Crippen molar-refractivity contribution in [1.82, 2.24) is 5.43 Å². The summed E-state index contributed by atoms with van der Waals surface area (Å²) in [6, 6.07) is 0. The maximum atomic E-state index is 8.21. The van der Waals surface area contributed by atoms with Crippen LogP contribution in [0.5, 0.6) is 0 Å². The quantitative estimate of drug-likeness (QED) is 0.217. The van der Waals surface area contributed by atoms with Gasteiger partial charge in [0.05, 0.1) is 0 Å². The maximum absolute atomic E-state index is 8.21. The zero-order valence-corrected chi connectivity index (χ0v) is 3.51. The summed E-state index contributed by atoms with van der Waals surface area (Å²) in [4.78, 5) is 0. The number of rotatable bonds is 2. The van der Waals surface area contributed by atoms with E-state index < -0.39 is 6.41 Å². The summed E-state index contributed by atoms with van der Waals surface area (Å²) in [5, 5.41) is 8.21. The fourth-order valence-corrected chi connectivity index (χ4v) is 0.0680. The molecule has 0 saturated heterocycles. The van der Waals surface area contributed by atoms with Crippen molar-refractivity contribution in [3.05, 3.63) is 0 Å². The van der Waals surface area contributed by atoms with Gasteiger partial charge in [0.1, 0.15) is 0 Å². The fourth-order valence-electron chi connectivity index (χ4n) is 0.0680. The summed E-state index contributed by atoms with van der Waals surface area (Å²) in [5.41, 5.74) is 1.95. The highest BCUT2D eigenvalue weighted by atomic mass is 16.6. The van der Waals surface area contributed by atoms with Crippen LogP contribution in [0.1, 0.15) is 0 Å². The first-order chi connectivity index (χ1) is 2.81. The van der Waals surface area contributed by atoms with Crippen LogP contribution in [0.2, 0.25) is 0 Å². The van der Waals surface area contributed by atoms with Gasteiger partial charge in [-0.25, -0.2) is 5.43 Å². The van der Waals surface area contributed by atoms with E-state index >= 15 is 0 Å². The van der Waals surface area contributed by atoms with Gasteiger partial charge < -0.3 is 9.84 Å². The molecule has 4 N–H and O–H groups in total. The van der Waals surface area contributed by atoms with Crippen molar-refractivity contribution < 1.29 is 9.84 Å². The average molecular weight is 92.1 g/mol. The van der Waals surface area contributed by atoms with E-state index in [-0.39, 0.29) is 0 Å². The Morgan fingerprint density at radius 1 is 2.00 bits per heavy atom. The molecule has 0 spiro atoms. The van der Waals surface area contributed by atoms with E-state index in [0.717, 1.165) is 0 Å². The Kier molecular flexibility index (Phi) is 2.97. The standard InChI is InChI=1S/C2H8N2O2/c1-6-2(5)4-3/h2,4-5H,3H2,1H3. The van der Waals surface area contributed by atoms with Crippen molar-refractivity contribution in [3.63, 3.8) is 0 Å². The first-order valence-corrected chi connectivity index (χ1v) is 1.48. The van der Waals surface area contributed by atoms with Crippen molar-refractivity contribution >= 4 is 0 Å². The monoisotopic (exact) mass is 92.1 g/mol. The molecule has 0 aromatic carbocycles. The third kappa shape index (κ3) is 2.10. The number of methoxy groups -OCH3 is 1. The lowest BCUT2D eigenvalue weighted by atomic mass is 11.1. The second-order valence-electron chi connectivity index (χ2n) is 0.755. The van der Waals surface area contributed by atoms with E-state index in [1.165, 1.54) is 7.11 Å². The van der Waals surface area contributed by atoms with E-state index in [9.17, 15) is 0 Å². The Morgan fingerprint density at radius 2 is 2.50 bits per heavy atom. The molecule has 0 heterocycles. The molecule has 6 heavy (non-hydrogen) atoms. The topological polar surface area (TPSA) is 67.5 Å². The molecule has 1 unspecified atom stereocenters. The summed E-state index contributed by atoms with van der Waals surface area (Å²) in [6.45, 7) is 0.